The first-order valence-corrected chi connectivity index (χ1v) is 6.66. The van der Waals surface area contributed by atoms with Crippen LogP contribution in [0.15, 0.2) is 24.4 Å². The van der Waals surface area contributed by atoms with Crippen molar-refractivity contribution in [2.75, 3.05) is 0 Å². The zero-order valence-electron chi connectivity index (χ0n) is 12.5. The summed E-state index contributed by atoms with van der Waals surface area (Å²) in [7, 11) is 2.02. The van der Waals surface area contributed by atoms with Gasteiger partial charge in [0.25, 0.3) is 0 Å². The van der Waals surface area contributed by atoms with E-state index in [0.29, 0.717) is 6.54 Å². The van der Waals surface area contributed by atoms with Crippen LogP contribution in [0.1, 0.15) is 37.7 Å². The highest BCUT2D eigenvalue weighted by Gasteiger charge is 2.16. The topological polar surface area (TPSA) is 43.8 Å². The number of aryl methyl sites for hydroxylation is 1. The molecule has 19 heavy (non-hydrogen) atoms. The van der Waals surface area contributed by atoms with Crippen molar-refractivity contribution >= 4 is 0 Å². The third kappa shape index (κ3) is 2.56. The summed E-state index contributed by atoms with van der Waals surface area (Å²) in [6.45, 7) is 9.32. The average Bonchev–Trinajstić information content (AvgIpc) is 2.69. The molecule has 2 aromatic rings. The summed E-state index contributed by atoms with van der Waals surface area (Å²) in [6.07, 6.45) is 1.90. The highest BCUT2D eigenvalue weighted by molar-refractivity contribution is 5.64. The minimum atomic E-state index is 0.179. The minimum absolute atomic E-state index is 0.179. The van der Waals surface area contributed by atoms with Gasteiger partial charge < -0.3 is 10.3 Å². The van der Waals surface area contributed by atoms with Crippen LogP contribution in [0.5, 0.6) is 0 Å². The Labute approximate surface area is 115 Å². The predicted molar refractivity (Wildman–Crippen MR) is 80.0 cm³/mol. The van der Waals surface area contributed by atoms with Gasteiger partial charge >= 0.3 is 0 Å². The van der Waals surface area contributed by atoms with Crippen molar-refractivity contribution in [1.29, 1.82) is 0 Å². The number of nitrogens with two attached hydrogens (primary N) is 1. The molecule has 0 aliphatic carbocycles. The number of benzene rings is 1. The molecule has 0 fully saturated rings. The fourth-order valence-electron chi connectivity index (χ4n) is 2.31. The van der Waals surface area contributed by atoms with Gasteiger partial charge in [0.2, 0.25) is 0 Å². The lowest BCUT2D eigenvalue weighted by Crippen LogP contribution is -2.11. The third-order valence-corrected chi connectivity index (χ3v) is 3.64. The number of rotatable bonds is 2. The van der Waals surface area contributed by atoms with E-state index < -0.39 is 0 Å². The molecule has 1 aromatic carbocycles. The molecule has 0 spiro atoms. The van der Waals surface area contributed by atoms with Crippen LogP contribution in [0.4, 0.5) is 0 Å². The molecule has 0 bridgehead atoms. The van der Waals surface area contributed by atoms with E-state index in [1.807, 2.05) is 13.2 Å². The number of nitrogens with zero attached hydrogens (tertiary/aromatic N) is 2. The summed E-state index contributed by atoms with van der Waals surface area (Å²) >= 11 is 0. The lowest BCUT2D eigenvalue weighted by molar-refractivity contribution is 0.590. The first-order valence-electron chi connectivity index (χ1n) is 6.66. The lowest BCUT2D eigenvalue weighted by atomic mass is 9.85. The molecule has 0 saturated heterocycles. The molecule has 0 aliphatic heterocycles. The number of aromatic nitrogens is 2. The molecule has 1 aromatic heterocycles. The Bertz CT molecular complexity index is 589. The Morgan fingerprint density at radius 2 is 1.95 bits per heavy atom. The Kier molecular flexibility index (Phi) is 3.50. The zero-order chi connectivity index (χ0) is 14.2. The fraction of sp³-hybridized carbons (Fsp3) is 0.438. The van der Waals surface area contributed by atoms with Crippen molar-refractivity contribution in [2.24, 2.45) is 12.8 Å². The highest BCUT2D eigenvalue weighted by atomic mass is 15.1. The molecule has 0 radical (unpaired) electrons. The van der Waals surface area contributed by atoms with E-state index in [1.54, 1.807) is 0 Å². The summed E-state index contributed by atoms with van der Waals surface area (Å²) in [6, 6.07) is 6.66. The van der Waals surface area contributed by atoms with Gasteiger partial charge in [0.1, 0.15) is 5.82 Å². The van der Waals surface area contributed by atoms with Crippen molar-refractivity contribution in [3.05, 3.63) is 41.3 Å². The molecule has 2 N–H and O–H groups in total. The Hall–Kier alpha value is -1.61. The van der Waals surface area contributed by atoms with Crippen LogP contribution in [-0.2, 0) is 19.0 Å². The second-order valence-corrected chi connectivity index (χ2v) is 6.10. The number of imidazole rings is 1. The average molecular weight is 257 g/mol. The summed E-state index contributed by atoms with van der Waals surface area (Å²) in [5, 5.41) is 0. The van der Waals surface area contributed by atoms with Crippen LogP contribution >= 0.6 is 0 Å². The maximum atomic E-state index is 5.68. The SMILES string of the molecule is Cc1cc(C(C)(C)C)ccc1-c1cnc(CN)n1C. The number of hydrogen-bond donors (Lipinski definition) is 1. The first-order chi connectivity index (χ1) is 8.84. The van der Waals surface area contributed by atoms with E-state index in [1.165, 1.54) is 16.7 Å². The standard InChI is InChI=1S/C16H23N3/c1-11-8-12(16(2,3)4)6-7-13(11)14-10-18-15(9-17)19(14)5/h6-8,10H,9,17H2,1-5H3. The van der Waals surface area contributed by atoms with Crippen molar-refractivity contribution in [3.8, 4) is 11.3 Å². The van der Waals surface area contributed by atoms with Gasteiger partial charge in [0.15, 0.2) is 0 Å². The molecule has 0 amide bonds. The molecule has 0 saturated carbocycles. The van der Waals surface area contributed by atoms with Crippen LogP contribution in [0.25, 0.3) is 11.3 Å². The molecule has 0 atom stereocenters. The molecule has 1 heterocycles. The van der Waals surface area contributed by atoms with Crippen LogP contribution in [0.2, 0.25) is 0 Å². The summed E-state index contributed by atoms with van der Waals surface area (Å²) < 4.78 is 2.07. The normalized spacial score (nSPS) is 11.9. The summed E-state index contributed by atoms with van der Waals surface area (Å²) in [5.74, 6) is 0.911. The van der Waals surface area contributed by atoms with E-state index in [2.05, 4.69) is 55.4 Å². The monoisotopic (exact) mass is 257 g/mol. The highest BCUT2D eigenvalue weighted by Crippen LogP contribution is 2.29. The van der Waals surface area contributed by atoms with Gasteiger partial charge in [-0.25, -0.2) is 4.98 Å². The van der Waals surface area contributed by atoms with Gasteiger partial charge in [-0.05, 0) is 23.5 Å². The van der Waals surface area contributed by atoms with Crippen molar-refractivity contribution in [3.63, 3.8) is 0 Å². The lowest BCUT2D eigenvalue weighted by Gasteiger charge is -2.20. The van der Waals surface area contributed by atoms with Gasteiger partial charge in [-0.3, -0.25) is 0 Å². The molecule has 102 valence electrons. The molecular weight excluding hydrogens is 234 g/mol. The van der Waals surface area contributed by atoms with Crippen LogP contribution < -0.4 is 5.73 Å². The minimum Gasteiger partial charge on any atom is -0.330 e. The Balaban J connectivity index is 2.49. The zero-order valence-corrected chi connectivity index (χ0v) is 12.5. The molecule has 0 unspecified atom stereocenters. The van der Waals surface area contributed by atoms with E-state index in [0.717, 1.165) is 11.5 Å². The smallest absolute Gasteiger partial charge is 0.122 e. The van der Waals surface area contributed by atoms with Gasteiger partial charge in [0, 0.05) is 12.6 Å². The van der Waals surface area contributed by atoms with Crippen molar-refractivity contribution in [2.45, 2.75) is 39.7 Å². The van der Waals surface area contributed by atoms with Gasteiger partial charge in [-0.1, -0.05) is 39.0 Å². The van der Waals surface area contributed by atoms with Crippen LogP contribution in [-0.4, -0.2) is 9.55 Å². The van der Waals surface area contributed by atoms with Crippen molar-refractivity contribution in [1.82, 2.24) is 9.55 Å². The fourth-order valence-corrected chi connectivity index (χ4v) is 2.31. The largest absolute Gasteiger partial charge is 0.330 e. The Morgan fingerprint density at radius 1 is 1.26 bits per heavy atom. The van der Waals surface area contributed by atoms with E-state index in [9.17, 15) is 0 Å². The molecule has 2 rings (SSSR count). The first kappa shape index (κ1) is 13.8. The van der Waals surface area contributed by atoms with Gasteiger partial charge in [-0.15, -0.1) is 0 Å². The summed E-state index contributed by atoms with van der Waals surface area (Å²) in [4.78, 5) is 4.36. The number of hydrogen-bond acceptors (Lipinski definition) is 2. The quantitative estimate of drug-likeness (QED) is 0.898. The van der Waals surface area contributed by atoms with Crippen molar-refractivity contribution < 1.29 is 0 Å². The Morgan fingerprint density at radius 3 is 2.42 bits per heavy atom. The molecular formula is C16H23N3. The van der Waals surface area contributed by atoms with Crippen LogP contribution in [0.3, 0.4) is 0 Å². The second kappa shape index (κ2) is 4.82. The predicted octanol–water partition coefficient (Wildman–Crippen LogP) is 3.15. The van der Waals surface area contributed by atoms with E-state index in [4.69, 9.17) is 5.73 Å². The van der Waals surface area contributed by atoms with E-state index in [-0.39, 0.29) is 5.41 Å². The third-order valence-electron chi connectivity index (χ3n) is 3.64. The molecule has 3 heteroatoms. The van der Waals surface area contributed by atoms with Gasteiger partial charge in [0.05, 0.1) is 18.4 Å². The second-order valence-electron chi connectivity index (χ2n) is 6.10. The van der Waals surface area contributed by atoms with E-state index >= 15 is 0 Å². The van der Waals surface area contributed by atoms with Gasteiger partial charge in [-0.2, -0.15) is 0 Å². The summed E-state index contributed by atoms with van der Waals surface area (Å²) in [5.41, 5.74) is 10.8. The molecule has 0 aliphatic rings. The molecule has 3 nitrogen and oxygen atoms in total. The maximum Gasteiger partial charge on any atom is 0.122 e. The van der Waals surface area contributed by atoms with Crippen LogP contribution in [0, 0.1) is 6.92 Å². The maximum absolute atomic E-state index is 5.68.